The molecule has 0 fully saturated rings. The highest BCUT2D eigenvalue weighted by Gasteiger charge is 2.03. The molecule has 1 heterocycles. The predicted molar refractivity (Wildman–Crippen MR) is 68.1 cm³/mol. The molecule has 0 N–H and O–H groups in total. The standard InChI is InChI=1S/C10H9BrN2.C2H6/c1-6-3-8(11)4-9-7(2)12-5-13-10(6)9;1-2/h3-5H,1-2H3;1-2H3. The second-order valence-electron chi connectivity index (χ2n) is 3.08. The molecule has 0 atom stereocenters. The number of halogens is 1. The van der Waals surface area contributed by atoms with E-state index in [-0.39, 0.29) is 0 Å². The van der Waals surface area contributed by atoms with Crippen LogP contribution >= 0.6 is 15.9 Å². The van der Waals surface area contributed by atoms with Crippen molar-refractivity contribution in [2.24, 2.45) is 0 Å². The van der Waals surface area contributed by atoms with Crippen molar-refractivity contribution in [1.82, 2.24) is 9.97 Å². The van der Waals surface area contributed by atoms with E-state index in [0.29, 0.717) is 0 Å². The maximum absolute atomic E-state index is 4.25. The molecule has 0 radical (unpaired) electrons. The Balaban J connectivity index is 0.000000531. The van der Waals surface area contributed by atoms with E-state index in [2.05, 4.69) is 45.0 Å². The SMILES string of the molecule is CC.Cc1ncnc2c(C)cc(Br)cc12. The lowest BCUT2D eigenvalue weighted by Crippen LogP contribution is -1.89. The molecule has 2 aromatic rings. The van der Waals surface area contributed by atoms with E-state index in [1.54, 1.807) is 6.33 Å². The van der Waals surface area contributed by atoms with E-state index in [1.165, 1.54) is 5.56 Å². The zero-order valence-corrected chi connectivity index (χ0v) is 11.1. The maximum Gasteiger partial charge on any atom is 0.116 e. The molecule has 0 unspecified atom stereocenters. The molecule has 1 aromatic carbocycles. The molecule has 0 aliphatic carbocycles. The van der Waals surface area contributed by atoms with Crippen LogP contribution in [0.2, 0.25) is 0 Å². The van der Waals surface area contributed by atoms with Crippen LogP contribution in [0.5, 0.6) is 0 Å². The van der Waals surface area contributed by atoms with E-state index in [9.17, 15) is 0 Å². The Kier molecular flexibility index (Phi) is 4.21. The molecule has 0 bridgehead atoms. The highest BCUT2D eigenvalue weighted by atomic mass is 79.9. The lowest BCUT2D eigenvalue weighted by Gasteiger charge is -2.03. The topological polar surface area (TPSA) is 25.8 Å². The number of hydrogen-bond donors (Lipinski definition) is 0. The molecule has 0 spiro atoms. The van der Waals surface area contributed by atoms with Gasteiger partial charge in [-0.15, -0.1) is 0 Å². The Hall–Kier alpha value is -0.960. The predicted octanol–water partition coefficient (Wildman–Crippen LogP) is 4.04. The van der Waals surface area contributed by atoms with E-state index >= 15 is 0 Å². The summed E-state index contributed by atoms with van der Waals surface area (Å²) in [5, 5.41) is 1.12. The number of fused-ring (bicyclic) bond motifs is 1. The molecule has 0 saturated carbocycles. The molecule has 2 nitrogen and oxygen atoms in total. The van der Waals surface area contributed by atoms with Crippen LogP contribution in [-0.2, 0) is 0 Å². The normalized spacial score (nSPS) is 9.67. The number of hydrogen-bond acceptors (Lipinski definition) is 2. The van der Waals surface area contributed by atoms with Crippen LogP contribution in [-0.4, -0.2) is 9.97 Å². The van der Waals surface area contributed by atoms with Gasteiger partial charge in [-0.05, 0) is 31.5 Å². The van der Waals surface area contributed by atoms with Gasteiger partial charge < -0.3 is 0 Å². The molecule has 3 heteroatoms. The van der Waals surface area contributed by atoms with Crippen molar-refractivity contribution in [3.8, 4) is 0 Å². The van der Waals surface area contributed by atoms with Gasteiger partial charge >= 0.3 is 0 Å². The third-order valence-corrected chi connectivity index (χ3v) is 2.55. The van der Waals surface area contributed by atoms with Crippen LogP contribution < -0.4 is 0 Å². The highest BCUT2D eigenvalue weighted by Crippen LogP contribution is 2.23. The first kappa shape index (κ1) is 12.1. The summed E-state index contributed by atoms with van der Waals surface area (Å²) in [5.41, 5.74) is 3.24. The van der Waals surface area contributed by atoms with Crippen LogP contribution in [0.15, 0.2) is 22.9 Å². The number of benzene rings is 1. The van der Waals surface area contributed by atoms with Gasteiger partial charge in [-0.1, -0.05) is 29.8 Å². The van der Waals surface area contributed by atoms with Crippen molar-refractivity contribution in [1.29, 1.82) is 0 Å². The van der Waals surface area contributed by atoms with Gasteiger partial charge in [0.05, 0.1) is 5.52 Å². The molecule has 0 saturated heterocycles. The van der Waals surface area contributed by atoms with Gasteiger partial charge in [0.15, 0.2) is 0 Å². The van der Waals surface area contributed by atoms with Gasteiger partial charge in [-0.25, -0.2) is 9.97 Å². The Bertz CT molecular complexity index is 466. The van der Waals surface area contributed by atoms with Crippen molar-refractivity contribution in [2.75, 3.05) is 0 Å². The highest BCUT2D eigenvalue weighted by molar-refractivity contribution is 9.10. The minimum absolute atomic E-state index is 1.02. The average Bonchev–Trinajstić information content (AvgIpc) is 2.23. The summed E-state index contributed by atoms with van der Waals surface area (Å²) in [6, 6.07) is 4.12. The fourth-order valence-electron chi connectivity index (χ4n) is 1.43. The summed E-state index contributed by atoms with van der Waals surface area (Å²) in [4.78, 5) is 8.41. The lowest BCUT2D eigenvalue weighted by atomic mass is 10.1. The largest absolute Gasteiger partial charge is 0.241 e. The zero-order chi connectivity index (χ0) is 11.4. The second-order valence-corrected chi connectivity index (χ2v) is 3.99. The molecular weight excluding hydrogens is 252 g/mol. The van der Waals surface area contributed by atoms with Crippen LogP contribution in [0.3, 0.4) is 0 Å². The molecular formula is C12H15BrN2. The van der Waals surface area contributed by atoms with Crippen LogP contribution in [0.25, 0.3) is 10.9 Å². The Morgan fingerprint density at radius 2 is 1.73 bits per heavy atom. The Labute approximate surface area is 98.9 Å². The van der Waals surface area contributed by atoms with Crippen molar-refractivity contribution in [3.63, 3.8) is 0 Å². The van der Waals surface area contributed by atoms with Gasteiger partial charge in [-0.3, -0.25) is 0 Å². The second kappa shape index (κ2) is 5.21. The molecule has 0 amide bonds. The third-order valence-electron chi connectivity index (χ3n) is 2.09. The van der Waals surface area contributed by atoms with Crippen molar-refractivity contribution < 1.29 is 0 Å². The molecule has 80 valence electrons. The first-order chi connectivity index (χ1) is 7.18. The summed E-state index contributed by atoms with van der Waals surface area (Å²) < 4.78 is 1.08. The smallest absolute Gasteiger partial charge is 0.116 e. The maximum atomic E-state index is 4.25. The molecule has 0 aliphatic rings. The van der Waals surface area contributed by atoms with E-state index in [4.69, 9.17) is 0 Å². The monoisotopic (exact) mass is 266 g/mol. The van der Waals surface area contributed by atoms with Crippen LogP contribution in [0.4, 0.5) is 0 Å². The zero-order valence-electron chi connectivity index (χ0n) is 9.50. The molecule has 0 aliphatic heterocycles. The van der Waals surface area contributed by atoms with Gasteiger partial charge in [0, 0.05) is 15.6 Å². The van der Waals surface area contributed by atoms with Crippen LogP contribution in [0.1, 0.15) is 25.1 Å². The quantitative estimate of drug-likeness (QED) is 0.720. The summed E-state index contributed by atoms with van der Waals surface area (Å²) in [6.07, 6.45) is 1.61. The number of nitrogens with zero attached hydrogens (tertiary/aromatic N) is 2. The summed E-state index contributed by atoms with van der Waals surface area (Å²) in [6.45, 7) is 8.05. The van der Waals surface area contributed by atoms with Crippen molar-refractivity contribution >= 4 is 26.8 Å². The van der Waals surface area contributed by atoms with Gasteiger partial charge in [0.25, 0.3) is 0 Å². The van der Waals surface area contributed by atoms with Crippen molar-refractivity contribution in [2.45, 2.75) is 27.7 Å². The fraction of sp³-hybridized carbons (Fsp3) is 0.333. The number of aryl methyl sites for hydroxylation is 2. The average molecular weight is 267 g/mol. The summed E-state index contributed by atoms with van der Waals surface area (Å²) in [7, 11) is 0. The van der Waals surface area contributed by atoms with Crippen molar-refractivity contribution in [3.05, 3.63) is 34.2 Å². The molecule has 2 rings (SSSR count). The number of aromatic nitrogens is 2. The third kappa shape index (κ3) is 2.53. The first-order valence-corrected chi connectivity index (χ1v) is 5.85. The van der Waals surface area contributed by atoms with Gasteiger partial charge in [0.2, 0.25) is 0 Å². The van der Waals surface area contributed by atoms with Crippen LogP contribution in [0, 0.1) is 13.8 Å². The number of rotatable bonds is 0. The summed E-state index contributed by atoms with van der Waals surface area (Å²) >= 11 is 3.46. The Morgan fingerprint density at radius 3 is 2.40 bits per heavy atom. The van der Waals surface area contributed by atoms with Gasteiger partial charge in [0.1, 0.15) is 6.33 Å². The minimum Gasteiger partial charge on any atom is -0.241 e. The van der Waals surface area contributed by atoms with E-state index in [1.807, 2.05) is 20.8 Å². The lowest BCUT2D eigenvalue weighted by molar-refractivity contribution is 1.14. The molecule has 15 heavy (non-hydrogen) atoms. The van der Waals surface area contributed by atoms with E-state index in [0.717, 1.165) is 21.1 Å². The van der Waals surface area contributed by atoms with E-state index < -0.39 is 0 Å². The first-order valence-electron chi connectivity index (χ1n) is 5.06. The molecule has 1 aromatic heterocycles. The Morgan fingerprint density at radius 1 is 1.07 bits per heavy atom. The minimum atomic E-state index is 1.02. The van der Waals surface area contributed by atoms with Gasteiger partial charge in [-0.2, -0.15) is 0 Å². The fourth-order valence-corrected chi connectivity index (χ4v) is 2.00. The summed E-state index contributed by atoms with van der Waals surface area (Å²) in [5.74, 6) is 0.